The van der Waals surface area contributed by atoms with Crippen molar-refractivity contribution in [2.45, 2.75) is 13.3 Å². The molecule has 0 fully saturated rings. The minimum absolute atomic E-state index is 0.182. The molecule has 0 saturated heterocycles. The minimum Gasteiger partial charge on any atom is -0.497 e. The second-order valence-corrected chi connectivity index (χ2v) is 3.92. The van der Waals surface area contributed by atoms with Crippen molar-refractivity contribution < 1.29 is 14.3 Å². The molecule has 0 unspecified atom stereocenters. The molecule has 5 heteroatoms. The summed E-state index contributed by atoms with van der Waals surface area (Å²) >= 11 is 0. The first kappa shape index (κ1) is 12.4. The Labute approximate surface area is 105 Å². The van der Waals surface area contributed by atoms with E-state index >= 15 is 0 Å². The van der Waals surface area contributed by atoms with Crippen LogP contribution >= 0.6 is 0 Å². The van der Waals surface area contributed by atoms with E-state index in [4.69, 9.17) is 9.47 Å². The number of aromatic nitrogens is 2. The Morgan fingerprint density at radius 2 is 2.22 bits per heavy atom. The van der Waals surface area contributed by atoms with Crippen LogP contribution in [0.2, 0.25) is 0 Å². The molecule has 1 aromatic heterocycles. The SMILES string of the molecule is CCOC(=O)Cc1nc2cc(OC)ccc2n1C. The van der Waals surface area contributed by atoms with Crippen LogP contribution in [0.3, 0.4) is 0 Å². The minimum atomic E-state index is -0.261. The Morgan fingerprint density at radius 1 is 1.44 bits per heavy atom. The fraction of sp³-hybridized carbons (Fsp3) is 0.385. The highest BCUT2D eigenvalue weighted by Crippen LogP contribution is 2.21. The first-order chi connectivity index (χ1) is 8.65. The van der Waals surface area contributed by atoms with Crippen LogP contribution in [-0.2, 0) is 23.0 Å². The van der Waals surface area contributed by atoms with Gasteiger partial charge in [-0.2, -0.15) is 0 Å². The predicted octanol–water partition coefficient (Wildman–Crippen LogP) is 1.69. The smallest absolute Gasteiger partial charge is 0.313 e. The van der Waals surface area contributed by atoms with Crippen molar-refractivity contribution in [3.05, 3.63) is 24.0 Å². The number of carbonyl (C=O) groups excluding carboxylic acids is 1. The topological polar surface area (TPSA) is 53.4 Å². The average molecular weight is 248 g/mol. The number of carbonyl (C=O) groups is 1. The third-order valence-corrected chi connectivity index (χ3v) is 2.79. The third kappa shape index (κ3) is 2.30. The number of rotatable bonds is 4. The number of hydrogen-bond donors (Lipinski definition) is 0. The normalized spacial score (nSPS) is 10.6. The number of aryl methyl sites for hydroxylation is 1. The van der Waals surface area contributed by atoms with E-state index in [-0.39, 0.29) is 12.4 Å². The average Bonchev–Trinajstić information content (AvgIpc) is 2.66. The van der Waals surface area contributed by atoms with Crippen molar-refractivity contribution in [3.8, 4) is 5.75 Å². The number of methoxy groups -OCH3 is 1. The molecule has 0 bridgehead atoms. The van der Waals surface area contributed by atoms with Gasteiger partial charge in [0.15, 0.2) is 0 Å². The Hall–Kier alpha value is -2.04. The van der Waals surface area contributed by atoms with Gasteiger partial charge in [0.2, 0.25) is 0 Å². The monoisotopic (exact) mass is 248 g/mol. The number of benzene rings is 1. The largest absolute Gasteiger partial charge is 0.497 e. The van der Waals surface area contributed by atoms with E-state index in [0.29, 0.717) is 12.4 Å². The zero-order valence-electron chi connectivity index (χ0n) is 10.8. The van der Waals surface area contributed by atoms with E-state index in [1.807, 2.05) is 29.8 Å². The summed E-state index contributed by atoms with van der Waals surface area (Å²) in [6, 6.07) is 5.65. The number of fused-ring (bicyclic) bond motifs is 1. The van der Waals surface area contributed by atoms with Gasteiger partial charge in [-0.25, -0.2) is 4.98 Å². The molecule has 0 amide bonds. The van der Waals surface area contributed by atoms with Crippen LogP contribution in [0.1, 0.15) is 12.7 Å². The summed E-state index contributed by atoms with van der Waals surface area (Å²) in [5.41, 5.74) is 1.78. The summed E-state index contributed by atoms with van der Waals surface area (Å²) in [6.45, 7) is 2.17. The van der Waals surface area contributed by atoms with Crippen molar-refractivity contribution in [1.29, 1.82) is 0 Å². The molecule has 96 valence electrons. The Balaban J connectivity index is 2.34. The summed E-state index contributed by atoms with van der Waals surface area (Å²) in [6.07, 6.45) is 0.182. The summed E-state index contributed by atoms with van der Waals surface area (Å²) < 4.78 is 12.0. The molecule has 0 spiro atoms. The van der Waals surface area contributed by atoms with E-state index in [1.54, 1.807) is 14.0 Å². The van der Waals surface area contributed by atoms with Gasteiger partial charge in [0.25, 0.3) is 0 Å². The number of imidazole rings is 1. The molecule has 0 aliphatic rings. The molecule has 0 N–H and O–H groups in total. The first-order valence-corrected chi connectivity index (χ1v) is 5.80. The number of ether oxygens (including phenoxy) is 2. The highest BCUT2D eigenvalue weighted by Gasteiger charge is 2.12. The van der Waals surface area contributed by atoms with Crippen LogP contribution in [0.25, 0.3) is 11.0 Å². The van der Waals surface area contributed by atoms with Gasteiger partial charge in [-0.05, 0) is 19.1 Å². The molecule has 0 atom stereocenters. The molecule has 0 aliphatic heterocycles. The van der Waals surface area contributed by atoms with Gasteiger partial charge >= 0.3 is 5.97 Å². The maximum absolute atomic E-state index is 11.5. The lowest BCUT2D eigenvalue weighted by Crippen LogP contribution is -2.11. The molecule has 0 saturated carbocycles. The predicted molar refractivity (Wildman–Crippen MR) is 67.6 cm³/mol. The van der Waals surface area contributed by atoms with E-state index < -0.39 is 0 Å². The van der Waals surface area contributed by atoms with Gasteiger partial charge in [-0.15, -0.1) is 0 Å². The molecule has 0 aliphatic carbocycles. The van der Waals surface area contributed by atoms with Crippen LogP contribution in [0.5, 0.6) is 5.75 Å². The number of nitrogens with zero attached hydrogens (tertiary/aromatic N) is 2. The molecular formula is C13H16N2O3. The van der Waals surface area contributed by atoms with Crippen LogP contribution < -0.4 is 4.74 Å². The lowest BCUT2D eigenvalue weighted by molar-refractivity contribution is -0.142. The molecule has 1 aromatic carbocycles. The van der Waals surface area contributed by atoms with Crippen LogP contribution in [0, 0.1) is 0 Å². The Bertz CT molecular complexity index is 575. The fourth-order valence-corrected chi connectivity index (χ4v) is 1.86. The molecule has 2 rings (SSSR count). The zero-order valence-corrected chi connectivity index (χ0v) is 10.8. The maximum atomic E-state index is 11.5. The van der Waals surface area contributed by atoms with Gasteiger partial charge < -0.3 is 14.0 Å². The number of esters is 1. The van der Waals surface area contributed by atoms with Crippen molar-refractivity contribution in [2.24, 2.45) is 7.05 Å². The van der Waals surface area contributed by atoms with Crippen molar-refractivity contribution in [1.82, 2.24) is 9.55 Å². The van der Waals surface area contributed by atoms with Gasteiger partial charge in [-0.1, -0.05) is 0 Å². The van der Waals surface area contributed by atoms with Gasteiger partial charge in [-0.3, -0.25) is 4.79 Å². The molecule has 18 heavy (non-hydrogen) atoms. The van der Waals surface area contributed by atoms with E-state index in [0.717, 1.165) is 16.8 Å². The standard InChI is InChI=1S/C13H16N2O3/c1-4-18-13(16)8-12-14-10-7-9(17-3)5-6-11(10)15(12)2/h5-7H,4,8H2,1-3H3. The van der Waals surface area contributed by atoms with Crippen molar-refractivity contribution in [2.75, 3.05) is 13.7 Å². The van der Waals surface area contributed by atoms with Crippen molar-refractivity contribution in [3.63, 3.8) is 0 Å². The quantitative estimate of drug-likeness (QED) is 0.773. The maximum Gasteiger partial charge on any atom is 0.313 e. The third-order valence-electron chi connectivity index (χ3n) is 2.79. The molecule has 1 heterocycles. The molecule has 0 radical (unpaired) electrons. The van der Waals surface area contributed by atoms with E-state index in [2.05, 4.69) is 4.98 Å². The summed E-state index contributed by atoms with van der Waals surface area (Å²) in [4.78, 5) is 15.9. The summed E-state index contributed by atoms with van der Waals surface area (Å²) in [5.74, 6) is 1.18. The van der Waals surface area contributed by atoms with Crippen LogP contribution in [-0.4, -0.2) is 29.2 Å². The lowest BCUT2D eigenvalue weighted by atomic mass is 10.3. The van der Waals surface area contributed by atoms with Gasteiger partial charge in [0.05, 0.1) is 24.8 Å². The number of hydrogen-bond acceptors (Lipinski definition) is 4. The highest BCUT2D eigenvalue weighted by atomic mass is 16.5. The fourth-order valence-electron chi connectivity index (χ4n) is 1.86. The second kappa shape index (κ2) is 5.08. The van der Waals surface area contributed by atoms with Crippen LogP contribution in [0.15, 0.2) is 18.2 Å². The van der Waals surface area contributed by atoms with Gasteiger partial charge in [0.1, 0.15) is 18.0 Å². The second-order valence-electron chi connectivity index (χ2n) is 3.92. The van der Waals surface area contributed by atoms with E-state index in [9.17, 15) is 4.79 Å². The lowest BCUT2D eigenvalue weighted by Gasteiger charge is -2.02. The van der Waals surface area contributed by atoms with Gasteiger partial charge in [0, 0.05) is 13.1 Å². The summed E-state index contributed by atoms with van der Waals surface area (Å²) in [7, 11) is 3.50. The van der Waals surface area contributed by atoms with Crippen LogP contribution in [0.4, 0.5) is 0 Å². The zero-order chi connectivity index (χ0) is 13.1. The first-order valence-electron chi connectivity index (χ1n) is 5.80. The molecular weight excluding hydrogens is 232 g/mol. The summed E-state index contributed by atoms with van der Waals surface area (Å²) in [5, 5.41) is 0. The molecule has 2 aromatic rings. The Kier molecular flexibility index (Phi) is 3.50. The van der Waals surface area contributed by atoms with Crippen molar-refractivity contribution >= 4 is 17.0 Å². The van der Waals surface area contributed by atoms with E-state index in [1.165, 1.54) is 0 Å². The highest BCUT2D eigenvalue weighted by molar-refractivity contribution is 5.79. The Morgan fingerprint density at radius 3 is 2.89 bits per heavy atom. The molecule has 5 nitrogen and oxygen atoms in total.